The van der Waals surface area contributed by atoms with Gasteiger partial charge in [-0.05, 0) is 53.3 Å². The van der Waals surface area contributed by atoms with Crippen molar-refractivity contribution < 1.29 is 14.4 Å². The first-order chi connectivity index (χ1) is 13.4. The Morgan fingerprint density at radius 1 is 1.25 bits per heavy atom. The number of nitrogens with zero attached hydrogens (tertiary/aromatic N) is 2. The van der Waals surface area contributed by atoms with E-state index in [0.29, 0.717) is 6.54 Å². The molecule has 0 bridgehead atoms. The second-order valence-corrected chi connectivity index (χ2v) is 8.71. The van der Waals surface area contributed by atoms with E-state index < -0.39 is 5.41 Å². The summed E-state index contributed by atoms with van der Waals surface area (Å²) in [5, 5.41) is 4.00. The molecule has 3 amide bonds. The van der Waals surface area contributed by atoms with Crippen molar-refractivity contribution in [3.05, 3.63) is 57.8 Å². The second-order valence-electron chi connectivity index (χ2n) is 7.93. The van der Waals surface area contributed by atoms with E-state index in [1.807, 2.05) is 48.0 Å². The molecule has 1 unspecified atom stereocenters. The molecular weight excluding hydrogens is 372 g/mol. The van der Waals surface area contributed by atoms with Crippen LogP contribution in [0.1, 0.15) is 42.4 Å². The van der Waals surface area contributed by atoms with Crippen LogP contribution in [0, 0.1) is 6.92 Å². The molecule has 1 saturated carbocycles. The van der Waals surface area contributed by atoms with E-state index in [4.69, 9.17) is 0 Å². The maximum absolute atomic E-state index is 13.5. The van der Waals surface area contributed by atoms with Crippen molar-refractivity contribution in [1.29, 1.82) is 0 Å². The fourth-order valence-electron chi connectivity index (χ4n) is 4.16. The van der Waals surface area contributed by atoms with Crippen LogP contribution in [-0.2, 0) is 26.3 Å². The number of rotatable bonds is 6. The number of hydrogen-bond donors (Lipinski definition) is 0. The molecule has 5 nitrogen and oxygen atoms in total. The van der Waals surface area contributed by atoms with E-state index in [2.05, 4.69) is 0 Å². The lowest BCUT2D eigenvalue weighted by molar-refractivity contribution is -0.143. The van der Waals surface area contributed by atoms with E-state index in [9.17, 15) is 14.4 Å². The molecule has 1 aromatic carbocycles. The molecule has 1 aromatic heterocycles. The first kappa shape index (κ1) is 18.9. The van der Waals surface area contributed by atoms with Crippen LogP contribution in [0.3, 0.4) is 0 Å². The van der Waals surface area contributed by atoms with Gasteiger partial charge >= 0.3 is 0 Å². The SMILES string of the molecule is Cc1ccccc1C1(CC(=O)N(C)Cc2ccsc2)CC(=O)N(C2CC2)C1=O. The zero-order valence-electron chi connectivity index (χ0n) is 16.2. The quantitative estimate of drug-likeness (QED) is 0.704. The average Bonchev–Trinajstić information content (AvgIpc) is 3.29. The lowest BCUT2D eigenvalue weighted by Crippen LogP contribution is -2.43. The van der Waals surface area contributed by atoms with Gasteiger partial charge < -0.3 is 4.90 Å². The van der Waals surface area contributed by atoms with Gasteiger partial charge in [-0.25, -0.2) is 0 Å². The van der Waals surface area contributed by atoms with Gasteiger partial charge in [-0.2, -0.15) is 11.3 Å². The first-order valence-electron chi connectivity index (χ1n) is 9.60. The molecule has 1 saturated heterocycles. The number of carbonyl (C=O) groups excluding carboxylic acids is 3. The monoisotopic (exact) mass is 396 g/mol. The Morgan fingerprint density at radius 3 is 2.64 bits per heavy atom. The van der Waals surface area contributed by atoms with Crippen LogP contribution in [-0.4, -0.2) is 40.6 Å². The van der Waals surface area contributed by atoms with Crippen LogP contribution in [0.25, 0.3) is 0 Å². The van der Waals surface area contributed by atoms with Gasteiger partial charge in [0.1, 0.15) is 0 Å². The number of amides is 3. The third kappa shape index (κ3) is 3.26. The van der Waals surface area contributed by atoms with Crippen molar-refractivity contribution in [2.45, 2.75) is 50.6 Å². The molecule has 2 heterocycles. The third-order valence-corrected chi connectivity index (χ3v) is 6.53. The van der Waals surface area contributed by atoms with Crippen molar-refractivity contribution in [2.24, 2.45) is 0 Å². The Balaban J connectivity index is 1.66. The van der Waals surface area contributed by atoms with Gasteiger partial charge in [-0.15, -0.1) is 0 Å². The van der Waals surface area contributed by atoms with E-state index in [1.165, 1.54) is 4.90 Å². The Morgan fingerprint density at radius 2 is 2.00 bits per heavy atom. The molecule has 0 radical (unpaired) electrons. The van der Waals surface area contributed by atoms with Crippen molar-refractivity contribution >= 4 is 29.1 Å². The predicted molar refractivity (Wildman–Crippen MR) is 108 cm³/mol. The number of imide groups is 1. The molecule has 2 fully saturated rings. The summed E-state index contributed by atoms with van der Waals surface area (Å²) in [4.78, 5) is 42.4. The van der Waals surface area contributed by atoms with Crippen LogP contribution in [0.4, 0.5) is 0 Å². The van der Waals surface area contributed by atoms with Gasteiger partial charge in [0, 0.05) is 32.5 Å². The van der Waals surface area contributed by atoms with Crippen molar-refractivity contribution in [3.8, 4) is 0 Å². The van der Waals surface area contributed by atoms with Gasteiger partial charge in [0.05, 0.1) is 5.41 Å². The topological polar surface area (TPSA) is 57.7 Å². The van der Waals surface area contributed by atoms with Gasteiger partial charge in [0.15, 0.2) is 0 Å². The molecule has 0 spiro atoms. The minimum atomic E-state index is -1.09. The maximum atomic E-state index is 13.5. The smallest absolute Gasteiger partial charge is 0.241 e. The number of benzene rings is 1. The fraction of sp³-hybridized carbons (Fsp3) is 0.409. The standard InChI is InChI=1S/C22H24N2O3S/c1-15-5-3-4-6-18(15)22(12-20(26)24(21(22)27)17-7-8-17)11-19(25)23(2)13-16-9-10-28-14-16/h3-6,9-10,14,17H,7-8,11-13H2,1-2H3. The summed E-state index contributed by atoms with van der Waals surface area (Å²) in [6.07, 6.45) is 1.83. The molecule has 0 N–H and O–H groups in total. The van der Waals surface area contributed by atoms with E-state index in [-0.39, 0.29) is 36.6 Å². The third-order valence-electron chi connectivity index (χ3n) is 5.80. The lowest BCUT2D eigenvalue weighted by Gasteiger charge is -2.30. The highest BCUT2D eigenvalue weighted by Gasteiger charge is 2.57. The van der Waals surface area contributed by atoms with Gasteiger partial charge in [-0.3, -0.25) is 19.3 Å². The van der Waals surface area contributed by atoms with Crippen molar-refractivity contribution in [3.63, 3.8) is 0 Å². The molecular formula is C22H24N2O3S. The van der Waals surface area contributed by atoms with Crippen molar-refractivity contribution in [2.75, 3.05) is 7.05 Å². The molecule has 2 aliphatic rings. The van der Waals surface area contributed by atoms with Crippen molar-refractivity contribution in [1.82, 2.24) is 9.80 Å². The number of aryl methyl sites for hydroxylation is 1. The van der Waals surface area contributed by atoms with Crippen LogP contribution in [0.15, 0.2) is 41.1 Å². The summed E-state index contributed by atoms with van der Waals surface area (Å²) in [7, 11) is 1.76. The minimum Gasteiger partial charge on any atom is -0.341 e. The zero-order chi connectivity index (χ0) is 19.9. The summed E-state index contributed by atoms with van der Waals surface area (Å²) in [6.45, 7) is 2.44. The average molecular weight is 397 g/mol. The molecule has 4 rings (SSSR count). The van der Waals surface area contributed by atoms with Gasteiger partial charge in [-0.1, -0.05) is 24.3 Å². The minimum absolute atomic E-state index is 0.0181. The predicted octanol–water partition coefficient (Wildman–Crippen LogP) is 3.26. The van der Waals surface area contributed by atoms with Crippen LogP contribution >= 0.6 is 11.3 Å². The van der Waals surface area contributed by atoms with E-state index >= 15 is 0 Å². The Hall–Kier alpha value is -2.47. The van der Waals surface area contributed by atoms with Crippen LogP contribution in [0.2, 0.25) is 0 Å². The lowest BCUT2D eigenvalue weighted by atomic mass is 9.74. The zero-order valence-corrected chi connectivity index (χ0v) is 17.0. The van der Waals surface area contributed by atoms with Crippen LogP contribution < -0.4 is 0 Å². The molecule has 1 aliphatic heterocycles. The molecule has 6 heteroatoms. The molecule has 146 valence electrons. The summed E-state index contributed by atoms with van der Waals surface area (Å²) in [5.41, 5.74) is 1.72. The largest absolute Gasteiger partial charge is 0.341 e. The highest BCUT2D eigenvalue weighted by Crippen LogP contribution is 2.45. The Kier molecular flexibility index (Phi) is 4.83. The Labute approximate surface area is 169 Å². The number of carbonyl (C=O) groups is 3. The highest BCUT2D eigenvalue weighted by molar-refractivity contribution is 7.07. The first-order valence-corrected chi connectivity index (χ1v) is 10.5. The number of hydrogen-bond acceptors (Lipinski definition) is 4. The molecule has 2 aromatic rings. The summed E-state index contributed by atoms with van der Waals surface area (Å²) < 4.78 is 0. The fourth-order valence-corrected chi connectivity index (χ4v) is 4.82. The maximum Gasteiger partial charge on any atom is 0.241 e. The van der Waals surface area contributed by atoms with Crippen LogP contribution in [0.5, 0.6) is 0 Å². The summed E-state index contributed by atoms with van der Waals surface area (Å²) >= 11 is 1.59. The molecule has 28 heavy (non-hydrogen) atoms. The molecule has 1 aliphatic carbocycles. The molecule has 1 atom stereocenters. The summed E-state index contributed by atoms with van der Waals surface area (Å²) in [5.74, 6) is -0.469. The normalized spacial score (nSPS) is 22.0. The number of thiophene rings is 1. The second kappa shape index (κ2) is 7.17. The van der Waals surface area contributed by atoms with Gasteiger partial charge in [0.2, 0.25) is 17.7 Å². The Bertz CT molecular complexity index is 920. The van der Waals surface area contributed by atoms with Gasteiger partial charge in [0.25, 0.3) is 0 Å². The van der Waals surface area contributed by atoms with E-state index in [1.54, 1.807) is 23.3 Å². The van der Waals surface area contributed by atoms with E-state index in [0.717, 1.165) is 29.5 Å². The number of likely N-dealkylation sites (tertiary alicyclic amines) is 1. The summed E-state index contributed by atoms with van der Waals surface area (Å²) in [6, 6.07) is 9.63. The highest BCUT2D eigenvalue weighted by atomic mass is 32.1.